The van der Waals surface area contributed by atoms with E-state index >= 15 is 0 Å². The van der Waals surface area contributed by atoms with Gasteiger partial charge in [0.25, 0.3) is 0 Å². The second-order valence-corrected chi connectivity index (χ2v) is 5.43. The van der Waals surface area contributed by atoms with Gasteiger partial charge >= 0.3 is 0 Å². The zero-order valence-electron chi connectivity index (χ0n) is 11.8. The maximum Gasteiger partial charge on any atom is 0.225 e. The molecule has 18 heavy (non-hydrogen) atoms. The number of morpholine rings is 1. The second kappa shape index (κ2) is 5.65. The lowest BCUT2D eigenvalue weighted by Gasteiger charge is -2.28. The molecule has 100 valence electrons. The first-order chi connectivity index (χ1) is 8.58. The molecule has 2 rings (SSSR count). The Bertz CT molecular complexity index is 372. The lowest BCUT2D eigenvalue weighted by Crippen LogP contribution is -2.37. The van der Waals surface area contributed by atoms with Crippen molar-refractivity contribution in [3.05, 3.63) is 17.5 Å². The predicted octanol–water partition coefficient (Wildman–Crippen LogP) is 2.56. The van der Waals surface area contributed by atoms with Crippen molar-refractivity contribution in [2.45, 2.75) is 39.5 Å². The summed E-state index contributed by atoms with van der Waals surface area (Å²) >= 11 is 0. The van der Waals surface area contributed by atoms with Gasteiger partial charge in [-0.2, -0.15) is 0 Å². The highest BCUT2D eigenvalue weighted by atomic mass is 16.5. The van der Waals surface area contributed by atoms with E-state index < -0.39 is 0 Å². The summed E-state index contributed by atoms with van der Waals surface area (Å²) in [5.41, 5.74) is 2.27. The van der Waals surface area contributed by atoms with E-state index in [4.69, 9.17) is 14.7 Å². The molecule has 1 aliphatic heterocycles. The first-order valence-electron chi connectivity index (χ1n) is 6.79. The van der Waals surface area contributed by atoms with Gasteiger partial charge in [-0.1, -0.05) is 27.7 Å². The molecule has 0 atom stereocenters. The lowest BCUT2D eigenvalue weighted by atomic mass is 10.1. The van der Waals surface area contributed by atoms with Gasteiger partial charge in [-0.15, -0.1) is 0 Å². The molecule has 2 heterocycles. The van der Waals surface area contributed by atoms with Crippen molar-refractivity contribution >= 4 is 5.95 Å². The SMILES string of the molecule is CC(C)c1cc(C(C)C)nc(N2CCOCC2)n1. The highest BCUT2D eigenvalue weighted by Crippen LogP contribution is 2.21. The summed E-state index contributed by atoms with van der Waals surface area (Å²) in [5, 5.41) is 0. The number of rotatable bonds is 3. The Morgan fingerprint density at radius 2 is 1.50 bits per heavy atom. The molecule has 1 aliphatic rings. The molecule has 4 nitrogen and oxygen atoms in total. The molecule has 0 unspecified atom stereocenters. The van der Waals surface area contributed by atoms with Crippen molar-refractivity contribution < 1.29 is 4.74 Å². The summed E-state index contributed by atoms with van der Waals surface area (Å²) in [4.78, 5) is 11.6. The van der Waals surface area contributed by atoms with Crippen molar-refractivity contribution in [1.82, 2.24) is 9.97 Å². The average molecular weight is 249 g/mol. The fraction of sp³-hybridized carbons (Fsp3) is 0.714. The van der Waals surface area contributed by atoms with Crippen LogP contribution < -0.4 is 4.90 Å². The van der Waals surface area contributed by atoms with E-state index in [1.165, 1.54) is 0 Å². The molecule has 0 N–H and O–H groups in total. The smallest absolute Gasteiger partial charge is 0.225 e. The van der Waals surface area contributed by atoms with Gasteiger partial charge in [0.05, 0.1) is 13.2 Å². The summed E-state index contributed by atoms with van der Waals surface area (Å²) in [6.07, 6.45) is 0. The van der Waals surface area contributed by atoms with Crippen molar-refractivity contribution in [2.75, 3.05) is 31.2 Å². The van der Waals surface area contributed by atoms with Gasteiger partial charge in [0.2, 0.25) is 5.95 Å². The van der Waals surface area contributed by atoms with E-state index in [9.17, 15) is 0 Å². The van der Waals surface area contributed by atoms with E-state index in [0.29, 0.717) is 11.8 Å². The molecule has 4 heteroatoms. The fourth-order valence-electron chi connectivity index (χ4n) is 1.97. The average Bonchev–Trinajstić information content (AvgIpc) is 2.39. The van der Waals surface area contributed by atoms with Crippen LogP contribution >= 0.6 is 0 Å². The van der Waals surface area contributed by atoms with Gasteiger partial charge in [-0.25, -0.2) is 9.97 Å². The van der Waals surface area contributed by atoms with Crippen LogP contribution in [0.15, 0.2) is 6.07 Å². The fourth-order valence-corrected chi connectivity index (χ4v) is 1.97. The molecule has 0 spiro atoms. The number of aromatic nitrogens is 2. The summed E-state index contributed by atoms with van der Waals surface area (Å²) in [5.74, 6) is 1.74. The molecule has 0 aromatic carbocycles. The Labute approximate surface area is 109 Å². The van der Waals surface area contributed by atoms with E-state index in [2.05, 4.69) is 38.7 Å². The number of hydrogen-bond donors (Lipinski definition) is 0. The van der Waals surface area contributed by atoms with E-state index in [1.54, 1.807) is 0 Å². The quantitative estimate of drug-likeness (QED) is 0.825. The summed E-state index contributed by atoms with van der Waals surface area (Å²) in [6.45, 7) is 12.0. The van der Waals surface area contributed by atoms with E-state index in [-0.39, 0.29) is 0 Å². The van der Waals surface area contributed by atoms with Gasteiger partial charge in [-0.05, 0) is 17.9 Å². The minimum Gasteiger partial charge on any atom is -0.378 e. The van der Waals surface area contributed by atoms with Crippen LogP contribution in [0.2, 0.25) is 0 Å². The maximum atomic E-state index is 5.38. The van der Waals surface area contributed by atoms with Crippen molar-refractivity contribution in [2.24, 2.45) is 0 Å². The molecular formula is C14H23N3O. The Kier molecular flexibility index (Phi) is 4.17. The zero-order chi connectivity index (χ0) is 13.1. The molecule has 0 amide bonds. The molecule has 1 fully saturated rings. The first kappa shape index (κ1) is 13.3. The van der Waals surface area contributed by atoms with Crippen LogP contribution in [0, 0.1) is 0 Å². The molecule has 0 bridgehead atoms. The largest absolute Gasteiger partial charge is 0.378 e. The molecule has 1 saturated heterocycles. The van der Waals surface area contributed by atoms with E-state index in [0.717, 1.165) is 43.6 Å². The molecule has 0 radical (unpaired) electrons. The molecule has 1 aromatic heterocycles. The molecule has 0 saturated carbocycles. The maximum absolute atomic E-state index is 5.38. The molecular weight excluding hydrogens is 226 g/mol. The molecule has 0 aliphatic carbocycles. The monoisotopic (exact) mass is 249 g/mol. The number of hydrogen-bond acceptors (Lipinski definition) is 4. The normalized spacial score (nSPS) is 16.7. The number of nitrogens with zero attached hydrogens (tertiary/aromatic N) is 3. The highest BCUT2D eigenvalue weighted by Gasteiger charge is 2.17. The van der Waals surface area contributed by atoms with Crippen LogP contribution in [0.3, 0.4) is 0 Å². The Balaban J connectivity index is 2.32. The van der Waals surface area contributed by atoms with Crippen molar-refractivity contribution in [1.29, 1.82) is 0 Å². The lowest BCUT2D eigenvalue weighted by molar-refractivity contribution is 0.122. The third-order valence-corrected chi connectivity index (χ3v) is 3.23. The van der Waals surface area contributed by atoms with Gasteiger partial charge in [0.15, 0.2) is 0 Å². The standard InChI is InChI=1S/C14H23N3O/c1-10(2)12-9-13(11(3)4)16-14(15-12)17-5-7-18-8-6-17/h9-11H,5-8H2,1-4H3. The van der Waals surface area contributed by atoms with Crippen LogP contribution in [0.4, 0.5) is 5.95 Å². The minimum atomic E-state index is 0.435. The zero-order valence-corrected chi connectivity index (χ0v) is 11.8. The third kappa shape index (κ3) is 2.99. The van der Waals surface area contributed by atoms with Crippen molar-refractivity contribution in [3.8, 4) is 0 Å². The Morgan fingerprint density at radius 1 is 1.00 bits per heavy atom. The van der Waals surface area contributed by atoms with Crippen LogP contribution in [-0.4, -0.2) is 36.3 Å². The van der Waals surface area contributed by atoms with Crippen molar-refractivity contribution in [3.63, 3.8) is 0 Å². The van der Waals surface area contributed by atoms with Crippen LogP contribution in [0.1, 0.15) is 50.9 Å². The van der Waals surface area contributed by atoms with Crippen LogP contribution in [-0.2, 0) is 4.74 Å². The summed E-state index contributed by atoms with van der Waals surface area (Å²) < 4.78 is 5.38. The number of ether oxygens (including phenoxy) is 1. The minimum absolute atomic E-state index is 0.435. The topological polar surface area (TPSA) is 38.2 Å². The summed E-state index contributed by atoms with van der Waals surface area (Å²) in [7, 11) is 0. The van der Waals surface area contributed by atoms with Crippen LogP contribution in [0.5, 0.6) is 0 Å². The number of anilines is 1. The second-order valence-electron chi connectivity index (χ2n) is 5.43. The Morgan fingerprint density at radius 3 is 1.94 bits per heavy atom. The van der Waals surface area contributed by atoms with Gasteiger partial charge in [0.1, 0.15) is 0 Å². The third-order valence-electron chi connectivity index (χ3n) is 3.23. The summed E-state index contributed by atoms with van der Waals surface area (Å²) in [6, 6.07) is 2.14. The van der Waals surface area contributed by atoms with Gasteiger partial charge in [-0.3, -0.25) is 0 Å². The molecule has 1 aromatic rings. The van der Waals surface area contributed by atoms with Gasteiger partial charge in [0, 0.05) is 24.5 Å². The van der Waals surface area contributed by atoms with Gasteiger partial charge < -0.3 is 9.64 Å². The Hall–Kier alpha value is -1.16. The first-order valence-corrected chi connectivity index (χ1v) is 6.79. The highest BCUT2D eigenvalue weighted by molar-refractivity contribution is 5.34. The predicted molar refractivity (Wildman–Crippen MR) is 73.2 cm³/mol. The van der Waals surface area contributed by atoms with E-state index in [1.807, 2.05) is 0 Å². The van der Waals surface area contributed by atoms with Crippen LogP contribution in [0.25, 0.3) is 0 Å².